The third kappa shape index (κ3) is 6.22. The molecule has 1 amide bonds. The van der Waals surface area contributed by atoms with Crippen molar-refractivity contribution in [1.29, 1.82) is 0 Å². The van der Waals surface area contributed by atoms with Gasteiger partial charge in [0.25, 0.3) is 0 Å². The van der Waals surface area contributed by atoms with Crippen LogP contribution in [0.3, 0.4) is 0 Å². The zero-order chi connectivity index (χ0) is 22.4. The van der Waals surface area contributed by atoms with Crippen LogP contribution in [0.2, 0.25) is 0 Å². The molecule has 0 bridgehead atoms. The lowest BCUT2D eigenvalue weighted by atomic mass is 10.0. The van der Waals surface area contributed by atoms with Crippen LogP contribution in [0.1, 0.15) is 23.6 Å². The van der Waals surface area contributed by atoms with Gasteiger partial charge >= 0.3 is 0 Å². The van der Waals surface area contributed by atoms with Crippen molar-refractivity contribution in [2.75, 3.05) is 39.9 Å². The molecule has 2 unspecified atom stereocenters. The fraction of sp³-hybridized carbons (Fsp3) is 0.435. The van der Waals surface area contributed by atoms with E-state index in [1.165, 1.54) is 6.07 Å². The first kappa shape index (κ1) is 23.1. The second-order valence-corrected chi connectivity index (χ2v) is 7.78. The summed E-state index contributed by atoms with van der Waals surface area (Å²) in [7, 11) is 1.66. The molecule has 1 heterocycles. The predicted octanol–water partition coefficient (Wildman–Crippen LogP) is 2.14. The van der Waals surface area contributed by atoms with Crippen LogP contribution in [0.15, 0.2) is 42.5 Å². The molecule has 0 saturated carbocycles. The summed E-state index contributed by atoms with van der Waals surface area (Å²) in [5.41, 5.74) is 1.01. The normalized spacial score (nSPS) is 17.5. The number of benzene rings is 2. The Bertz CT molecular complexity index is 878. The van der Waals surface area contributed by atoms with E-state index in [-0.39, 0.29) is 43.3 Å². The maximum Gasteiger partial charge on any atom is 0.227 e. The largest absolute Gasteiger partial charge is 0.491 e. The summed E-state index contributed by atoms with van der Waals surface area (Å²) in [4.78, 5) is 16.6. The van der Waals surface area contributed by atoms with Gasteiger partial charge in [-0.25, -0.2) is 8.78 Å². The van der Waals surface area contributed by atoms with E-state index >= 15 is 0 Å². The van der Waals surface area contributed by atoms with Gasteiger partial charge in [0.15, 0.2) is 0 Å². The summed E-state index contributed by atoms with van der Waals surface area (Å²) in [6.45, 7) is 1.88. The van der Waals surface area contributed by atoms with Crippen molar-refractivity contribution in [3.8, 4) is 5.75 Å². The first-order valence-corrected chi connectivity index (χ1v) is 10.3. The van der Waals surface area contributed by atoms with Gasteiger partial charge in [-0.2, -0.15) is 0 Å². The summed E-state index contributed by atoms with van der Waals surface area (Å²) < 4.78 is 32.6. The minimum atomic E-state index is -0.744. The molecule has 0 spiro atoms. The Morgan fingerprint density at radius 1 is 1.26 bits per heavy atom. The number of rotatable bonds is 9. The summed E-state index contributed by atoms with van der Waals surface area (Å²) in [6, 6.07) is 10.1. The van der Waals surface area contributed by atoms with Gasteiger partial charge in [0.05, 0.1) is 25.2 Å². The molecule has 0 radical (unpaired) electrons. The SMILES string of the molecule is CN(C(=O)Cc1ccc(F)cc1F)C(CN1CCC(O)C1)c1ccc(OCCO)cc1. The van der Waals surface area contributed by atoms with Gasteiger partial charge in [0.2, 0.25) is 5.91 Å². The van der Waals surface area contributed by atoms with Gasteiger partial charge in [0, 0.05) is 32.7 Å². The van der Waals surface area contributed by atoms with Crippen LogP contribution in [0.25, 0.3) is 0 Å². The van der Waals surface area contributed by atoms with Gasteiger partial charge in [-0.15, -0.1) is 0 Å². The molecule has 1 saturated heterocycles. The smallest absolute Gasteiger partial charge is 0.227 e. The van der Waals surface area contributed by atoms with Crippen LogP contribution in [0, 0.1) is 11.6 Å². The lowest BCUT2D eigenvalue weighted by molar-refractivity contribution is -0.131. The number of nitrogens with zero attached hydrogens (tertiary/aromatic N) is 2. The van der Waals surface area contributed by atoms with Crippen LogP contribution in [0.4, 0.5) is 8.78 Å². The zero-order valence-electron chi connectivity index (χ0n) is 17.5. The molecule has 1 fully saturated rings. The highest BCUT2D eigenvalue weighted by molar-refractivity contribution is 5.79. The second kappa shape index (κ2) is 10.7. The van der Waals surface area contributed by atoms with E-state index in [1.54, 1.807) is 24.1 Å². The fourth-order valence-corrected chi connectivity index (χ4v) is 3.75. The maximum atomic E-state index is 14.0. The number of likely N-dealkylation sites (N-methyl/N-ethyl adjacent to an activating group) is 1. The molecule has 1 aliphatic rings. The molecule has 0 aromatic heterocycles. The molecule has 6 nitrogen and oxygen atoms in total. The van der Waals surface area contributed by atoms with Gasteiger partial charge in [-0.05, 0) is 35.7 Å². The number of carbonyl (C=O) groups is 1. The zero-order valence-corrected chi connectivity index (χ0v) is 17.5. The van der Waals surface area contributed by atoms with Crippen molar-refractivity contribution in [1.82, 2.24) is 9.80 Å². The number of halogens is 2. The van der Waals surface area contributed by atoms with E-state index in [2.05, 4.69) is 4.90 Å². The van der Waals surface area contributed by atoms with E-state index in [0.29, 0.717) is 25.3 Å². The standard InChI is InChI=1S/C23H28F2N2O4/c1-26(23(30)12-17-2-5-18(24)13-21(17)25)22(15-27-9-8-19(29)14-27)16-3-6-20(7-4-16)31-11-10-28/h2-7,13,19,22,28-29H,8-12,14-15H2,1H3. The lowest BCUT2D eigenvalue weighted by Gasteiger charge is -2.32. The third-order valence-corrected chi connectivity index (χ3v) is 5.52. The van der Waals surface area contributed by atoms with E-state index in [9.17, 15) is 18.7 Å². The summed E-state index contributed by atoms with van der Waals surface area (Å²) in [5.74, 6) is -1.12. The third-order valence-electron chi connectivity index (χ3n) is 5.52. The minimum Gasteiger partial charge on any atom is -0.491 e. The van der Waals surface area contributed by atoms with Crippen molar-refractivity contribution in [2.45, 2.75) is 25.0 Å². The number of β-amino-alcohol motifs (C(OH)–C–C–N with tert-alkyl or cyclic N) is 1. The summed E-state index contributed by atoms with van der Waals surface area (Å²) in [5, 5.41) is 18.8. The Balaban J connectivity index is 1.78. The monoisotopic (exact) mass is 434 g/mol. The van der Waals surface area contributed by atoms with E-state index in [0.717, 1.165) is 24.2 Å². The number of ether oxygens (including phenoxy) is 1. The van der Waals surface area contributed by atoms with E-state index < -0.39 is 11.6 Å². The molecule has 2 aromatic rings. The number of hydrogen-bond acceptors (Lipinski definition) is 5. The van der Waals surface area contributed by atoms with Crippen LogP contribution in [-0.2, 0) is 11.2 Å². The Hall–Kier alpha value is -2.55. The highest BCUT2D eigenvalue weighted by Crippen LogP contribution is 2.26. The van der Waals surface area contributed by atoms with Crippen molar-refractivity contribution in [3.05, 3.63) is 65.2 Å². The molecule has 2 atom stereocenters. The molecular formula is C23H28F2N2O4. The topological polar surface area (TPSA) is 73.2 Å². The van der Waals surface area contributed by atoms with Crippen LogP contribution < -0.4 is 4.74 Å². The van der Waals surface area contributed by atoms with Gasteiger partial charge in [-0.3, -0.25) is 9.69 Å². The maximum absolute atomic E-state index is 14.0. The molecule has 0 aliphatic carbocycles. The predicted molar refractivity (Wildman–Crippen MR) is 112 cm³/mol. The van der Waals surface area contributed by atoms with Crippen molar-refractivity contribution < 1.29 is 28.5 Å². The van der Waals surface area contributed by atoms with Crippen molar-refractivity contribution >= 4 is 5.91 Å². The van der Waals surface area contributed by atoms with Crippen LogP contribution in [0.5, 0.6) is 5.75 Å². The first-order chi connectivity index (χ1) is 14.9. The highest BCUT2D eigenvalue weighted by atomic mass is 19.1. The second-order valence-electron chi connectivity index (χ2n) is 7.78. The fourth-order valence-electron chi connectivity index (χ4n) is 3.75. The Morgan fingerprint density at radius 3 is 2.61 bits per heavy atom. The molecule has 1 aliphatic heterocycles. The number of amides is 1. The van der Waals surface area contributed by atoms with Crippen LogP contribution >= 0.6 is 0 Å². The Labute approximate surface area is 180 Å². The minimum absolute atomic E-state index is 0.0845. The van der Waals surface area contributed by atoms with E-state index in [1.807, 2.05) is 12.1 Å². The number of carbonyl (C=O) groups excluding carboxylic acids is 1. The first-order valence-electron chi connectivity index (χ1n) is 10.3. The average Bonchev–Trinajstić information content (AvgIpc) is 3.17. The van der Waals surface area contributed by atoms with Crippen molar-refractivity contribution in [2.24, 2.45) is 0 Å². The number of hydrogen-bond donors (Lipinski definition) is 2. The molecule has 8 heteroatoms. The number of aliphatic hydroxyl groups excluding tert-OH is 2. The van der Waals surface area contributed by atoms with Crippen LogP contribution in [-0.4, -0.2) is 71.9 Å². The molecule has 3 rings (SSSR count). The van der Waals surface area contributed by atoms with E-state index in [4.69, 9.17) is 9.84 Å². The Morgan fingerprint density at radius 2 is 2.00 bits per heavy atom. The summed E-state index contributed by atoms with van der Waals surface area (Å²) >= 11 is 0. The number of aliphatic hydroxyl groups is 2. The van der Waals surface area contributed by atoms with Crippen molar-refractivity contribution in [3.63, 3.8) is 0 Å². The van der Waals surface area contributed by atoms with Gasteiger partial charge < -0.3 is 19.8 Å². The highest BCUT2D eigenvalue weighted by Gasteiger charge is 2.28. The molecular weight excluding hydrogens is 406 g/mol. The molecule has 31 heavy (non-hydrogen) atoms. The Kier molecular flexibility index (Phi) is 7.95. The van der Waals surface area contributed by atoms with Gasteiger partial charge in [-0.1, -0.05) is 18.2 Å². The average molecular weight is 434 g/mol. The molecule has 168 valence electrons. The lowest BCUT2D eigenvalue weighted by Crippen LogP contribution is -2.39. The number of likely N-dealkylation sites (tertiary alicyclic amines) is 1. The van der Waals surface area contributed by atoms with Gasteiger partial charge in [0.1, 0.15) is 24.0 Å². The quantitative estimate of drug-likeness (QED) is 0.633. The molecule has 2 aromatic carbocycles. The summed E-state index contributed by atoms with van der Waals surface area (Å²) in [6.07, 6.45) is 0.114. The molecule has 2 N–H and O–H groups in total.